The number of aldehydes is 1. The van der Waals surface area contributed by atoms with Crippen molar-refractivity contribution in [1.29, 1.82) is 0 Å². The van der Waals surface area contributed by atoms with Crippen LogP contribution in [0.2, 0.25) is 0 Å². The molecule has 4 nitrogen and oxygen atoms in total. The molecule has 0 radical (unpaired) electrons. The lowest BCUT2D eigenvalue weighted by molar-refractivity contribution is -0.118. The number of hydrogen-bond donors (Lipinski definition) is 1. The second-order valence-electron chi connectivity index (χ2n) is 4.92. The van der Waals surface area contributed by atoms with Crippen molar-refractivity contribution in [2.45, 2.75) is 13.8 Å². The number of nitrogens with one attached hydrogen (secondary N) is 1. The van der Waals surface area contributed by atoms with Crippen LogP contribution in [-0.2, 0) is 4.79 Å². The number of carbonyl (C=O) groups is 2. The minimum absolute atomic E-state index is 0.112. The van der Waals surface area contributed by atoms with Gasteiger partial charge >= 0.3 is 0 Å². The first-order valence-electron chi connectivity index (χ1n) is 6.75. The molecule has 2 aromatic carbocycles. The van der Waals surface area contributed by atoms with E-state index in [1.54, 1.807) is 38.1 Å². The molecular formula is C17H16FNO3. The number of anilines is 1. The first-order chi connectivity index (χ1) is 10.5. The average Bonchev–Trinajstić information content (AvgIpc) is 2.48. The summed E-state index contributed by atoms with van der Waals surface area (Å²) in [4.78, 5) is 22.6. The van der Waals surface area contributed by atoms with Crippen LogP contribution in [-0.4, -0.2) is 18.8 Å². The van der Waals surface area contributed by atoms with Crippen molar-refractivity contribution in [3.8, 4) is 5.75 Å². The molecule has 2 rings (SSSR count). The van der Waals surface area contributed by atoms with Gasteiger partial charge in [0.15, 0.2) is 6.61 Å². The van der Waals surface area contributed by atoms with Gasteiger partial charge in [0.25, 0.3) is 5.91 Å². The lowest BCUT2D eigenvalue weighted by atomic mass is 10.1. The molecule has 5 heteroatoms. The van der Waals surface area contributed by atoms with Crippen LogP contribution in [0.1, 0.15) is 21.5 Å². The summed E-state index contributed by atoms with van der Waals surface area (Å²) in [5.41, 5.74) is 2.19. The number of halogens is 1. The standard InChI is InChI=1S/C17H16FNO3/c1-11-7-13(9-20)8-12(2)17(11)22-10-16(21)19-15-6-4-3-5-14(15)18/h3-9H,10H2,1-2H3,(H,19,21). The predicted molar refractivity (Wildman–Crippen MR) is 81.8 cm³/mol. The second kappa shape index (κ2) is 6.85. The van der Waals surface area contributed by atoms with Crippen molar-refractivity contribution < 1.29 is 18.7 Å². The SMILES string of the molecule is Cc1cc(C=O)cc(C)c1OCC(=O)Nc1ccccc1F. The number of amides is 1. The van der Waals surface area contributed by atoms with Crippen LogP contribution in [0.4, 0.5) is 10.1 Å². The van der Waals surface area contributed by atoms with Gasteiger partial charge < -0.3 is 10.1 Å². The van der Waals surface area contributed by atoms with Gasteiger partial charge in [-0.2, -0.15) is 0 Å². The van der Waals surface area contributed by atoms with Crippen LogP contribution in [0.25, 0.3) is 0 Å². The van der Waals surface area contributed by atoms with Crippen molar-refractivity contribution >= 4 is 17.9 Å². The van der Waals surface area contributed by atoms with Gasteiger partial charge in [-0.1, -0.05) is 12.1 Å². The number of hydrogen-bond acceptors (Lipinski definition) is 3. The molecule has 0 aliphatic carbocycles. The van der Waals surface area contributed by atoms with Crippen LogP contribution < -0.4 is 10.1 Å². The molecule has 114 valence electrons. The van der Waals surface area contributed by atoms with E-state index in [2.05, 4.69) is 5.32 Å². The normalized spacial score (nSPS) is 10.1. The number of ether oxygens (including phenoxy) is 1. The van der Waals surface area contributed by atoms with Crippen molar-refractivity contribution in [2.75, 3.05) is 11.9 Å². The topological polar surface area (TPSA) is 55.4 Å². The largest absolute Gasteiger partial charge is 0.483 e. The molecule has 0 unspecified atom stereocenters. The van der Waals surface area contributed by atoms with E-state index in [-0.39, 0.29) is 12.3 Å². The number of benzene rings is 2. The molecule has 0 heterocycles. The summed E-state index contributed by atoms with van der Waals surface area (Å²) in [7, 11) is 0. The Morgan fingerprint density at radius 3 is 2.45 bits per heavy atom. The Labute approximate surface area is 127 Å². The molecule has 0 aromatic heterocycles. The first-order valence-corrected chi connectivity index (χ1v) is 6.75. The lowest BCUT2D eigenvalue weighted by Gasteiger charge is -2.13. The third-order valence-electron chi connectivity index (χ3n) is 3.11. The predicted octanol–water partition coefficient (Wildman–Crippen LogP) is 3.27. The zero-order chi connectivity index (χ0) is 16.1. The Morgan fingerprint density at radius 2 is 1.86 bits per heavy atom. The van der Waals surface area contributed by atoms with Crippen LogP contribution in [0.15, 0.2) is 36.4 Å². The first kappa shape index (κ1) is 15.7. The molecule has 0 aliphatic rings. The smallest absolute Gasteiger partial charge is 0.262 e. The molecule has 1 amide bonds. The van der Waals surface area contributed by atoms with Gasteiger partial charge in [-0.15, -0.1) is 0 Å². The van der Waals surface area contributed by atoms with Gasteiger partial charge in [-0.3, -0.25) is 9.59 Å². The van der Waals surface area contributed by atoms with Crippen molar-refractivity contribution in [3.63, 3.8) is 0 Å². The van der Waals surface area contributed by atoms with Gasteiger partial charge in [0.05, 0.1) is 5.69 Å². The zero-order valence-electron chi connectivity index (χ0n) is 12.4. The summed E-state index contributed by atoms with van der Waals surface area (Å²) < 4.78 is 18.9. The summed E-state index contributed by atoms with van der Waals surface area (Å²) >= 11 is 0. The Bertz CT molecular complexity index is 690. The molecule has 1 N–H and O–H groups in total. The fraction of sp³-hybridized carbons (Fsp3) is 0.176. The molecular weight excluding hydrogens is 285 g/mol. The van der Waals surface area contributed by atoms with E-state index in [0.29, 0.717) is 11.3 Å². The summed E-state index contributed by atoms with van der Waals surface area (Å²) in [6, 6.07) is 9.29. The highest BCUT2D eigenvalue weighted by Gasteiger charge is 2.10. The van der Waals surface area contributed by atoms with E-state index in [1.165, 1.54) is 12.1 Å². The number of para-hydroxylation sites is 1. The third-order valence-corrected chi connectivity index (χ3v) is 3.11. The zero-order valence-corrected chi connectivity index (χ0v) is 12.4. The van der Waals surface area contributed by atoms with Crippen LogP contribution in [0, 0.1) is 19.7 Å². The molecule has 0 aliphatic heterocycles. The van der Waals surface area contributed by atoms with Gasteiger partial charge in [-0.05, 0) is 49.2 Å². The van der Waals surface area contributed by atoms with E-state index in [9.17, 15) is 14.0 Å². The highest BCUT2D eigenvalue weighted by atomic mass is 19.1. The molecule has 0 fully saturated rings. The maximum atomic E-state index is 13.4. The van der Waals surface area contributed by atoms with E-state index < -0.39 is 11.7 Å². The second-order valence-corrected chi connectivity index (χ2v) is 4.92. The lowest BCUT2D eigenvalue weighted by Crippen LogP contribution is -2.21. The monoisotopic (exact) mass is 301 g/mol. The van der Waals surface area contributed by atoms with E-state index >= 15 is 0 Å². The van der Waals surface area contributed by atoms with Gasteiger partial charge in [0.1, 0.15) is 17.9 Å². The summed E-state index contributed by atoms with van der Waals surface area (Å²) in [6.07, 6.45) is 0.759. The van der Waals surface area contributed by atoms with Gasteiger partial charge in [-0.25, -0.2) is 4.39 Å². The maximum Gasteiger partial charge on any atom is 0.262 e. The fourth-order valence-electron chi connectivity index (χ4n) is 2.17. The van der Waals surface area contributed by atoms with Crippen molar-refractivity contribution in [3.05, 3.63) is 58.9 Å². The molecule has 0 atom stereocenters. The maximum absolute atomic E-state index is 13.4. The van der Waals surface area contributed by atoms with Crippen molar-refractivity contribution in [2.24, 2.45) is 0 Å². The Balaban J connectivity index is 2.03. The quantitative estimate of drug-likeness (QED) is 0.862. The van der Waals surface area contributed by atoms with Crippen LogP contribution in [0.3, 0.4) is 0 Å². The van der Waals surface area contributed by atoms with E-state index in [4.69, 9.17) is 4.74 Å². The summed E-state index contributed by atoms with van der Waals surface area (Å²) in [5.74, 6) is -0.406. The van der Waals surface area contributed by atoms with Crippen LogP contribution >= 0.6 is 0 Å². The molecule has 0 saturated heterocycles. The van der Waals surface area contributed by atoms with E-state index in [0.717, 1.165) is 17.4 Å². The summed E-state index contributed by atoms with van der Waals surface area (Å²) in [5, 5.41) is 2.45. The molecule has 0 bridgehead atoms. The van der Waals surface area contributed by atoms with E-state index in [1.807, 2.05) is 0 Å². The third kappa shape index (κ3) is 3.69. The van der Waals surface area contributed by atoms with Crippen molar-refractivity contribution in [1.82, 2.24) is 0 Å². The minimum Gasteiger partial charge on any atom is -0.483 e. The fourth-order valence-corrected chi connectivity index (χ4v) is 2.17. The highest BCUT2D eigenvalue weighted by Crippen LogP contribution is 2.24. The highest BCUT2D eigenvalue weighted by molar-refractivity contribution is 5.92. The minimum atomic E-state index is -0.501. The molecule has 22 heavy (non-hydrogen) atoms. The van der Waals surface area contributed by atoms with Crippen LogP contribution in [0.5, 0.6) is 5.75 Å². The number of aryl methyl sites for hydroxylation is 2. The van der Waals surface area contributed by atoms with Gasteiger partial charge in [0, 0.05) is 5.56 Å². The number of rotatable bonds is 5. The summed E-state index contributed by atoms with van der Waals surface area (Å²) in [6.45, 7) is 3.35. The average molecular weight is 301 g/mol. The Morgan fingerprint density at radius 1 is 1.23 bits per heavy atom. The number of carbonyl (C=O) groups excluding carboxylic acids is 2. The van der Waals surface area contributed by atoms with Gasteiger partial charge in [0.2, 0.25) is 0 Å². The molecule has 2 aromatic rings. The molecule has 0 saturated carbocycles. The Kier molecular flexibility index (Phi) is 4.88. The Hall–Kier alpha value is -2.69. The molecule has 0 spiro atoms.